The molecule has 136 valence electrons. The minimum absolute atomic E-state index is 0.133. The molecule has 3 saturated heterocycles. The van der Waals surface area contributed by atoms with Gasteiger partial charge in [-0.3, -0.25) is 9.88 Å². The molecule has 5 rings (SSSR count). The van der Waals surface area contributed by atoms with Crippen LogP contribution in [-0.2, 0) is 6.42 Å². The molecule has 6 heteroatoms. The predicted octanol–water partition coefficient (Wildman–Crippen LogP) is 3.67. The fourth-order valence-electron chi connectivity index (χ4n) is 4.25. The maximum atomic E-state index is 12.6. The van der Waals surface area contributed by atoms with Crippen LogP contribution in [-0.4, -0.2) is 41.1 Å². The third-order valence-corrected chi connectivity index (χ3v) is 6.24. The molecule has 0 aliphatic carbocycles. The molecule has 0 radical (unpaired) electrons. The number of urea groups is 1. The Morgan fingerprint density at radius 2 is 2.00 bits per heavy atom. The lowest BCUT2D eigenvalue weighted by Crippen LogP contribution is -2.64. The first-order valence-corrected chi connectivity index (χ1v) is 9.95. The van der Waals surface area contributed by atoms with Gasteiger partial charge in [-0.25, -0.2) is 4.79 Å². The molecule has 2 amide bonds. The summed E-state index contributed by atoms with van der Waals surface area (Å²) in [5.74, 6) is 0.548. The quantitative estimate of drug-likeness (QED) is 0.801. The Labute approximate surface area is 162 Å². The number of pyridine rings is 1. The molecule has 0 saturated carbocycles. The molecule has 2 bridgehead atoms. The third-order valence-electron chi connectivity index (χ3n) is 5.55. The van der Waals surface area contributed by atoms with Crippen LogP contribution in [0.25, 0.3) is 0 Å². The van der Waals surface area contributed by atoms with E-state index in [2.05, 4.69) is 42.5 Å². The van der Waals surface area contributed by atoms with Crippen molar-refractivity contribution >= 4 is 27.6 Å². The summed E-state index contributed by atoms with van der Waals surface area (Å²) in [6.45, 7) is 2.25. The number of halogens is 1. The summed E-state index contributed by atoms with van der Waals surface area (Å²) in [6, 6.07) is 12.1. The van der Waals surface area contributed by atoms with Crippen LogP contribution in [0, 0.1) is 5.92 Å². The Bertz CT molecular complexity index is 761. The first kappa shape index (κ1) is 17.5. The van der Waals surface area contributed by atoms with Gasteiger partial charge >= 0.3 is 6.03 Å². The molecular formula is C20H23BrN4O. The smallest absolute Gasteiger partial charge is 0.319 e. The topological polar surface area (TPSA) is 57.3 Å². The van der Waals surface area contributed by atoms with Crippen molar-refractivity contribution in [3.05, 3.63) is 58.8 Å². The Hall–Kier alpha value is -1.92. The largest absolute Gasteiger partial charge is 0.333 e. The van der Waals surface area contributed by atoms with E-state index in [9.17, 15) is 4.79 Å². The van der Waals surface area contributed by atoms with Gasteiger partial charge in [0.05, 0.1) is 5.69 Å². The molecular weight excluding hydrogens is 392 g/mol. The second kappa shape index (κ2) is 7.76. The molecule has 4 heterocycles. The number of aromatic nitrogens is 1. The van der Waals surface area contributed by atoms with Gasteiger partial charge in [0.2, 0.25) is 0 Å². The number of fused-ring (bicyclic) bond motifs is 3. The fraction of sp³-hybridized carbons (Fsp3) is 0.400. The van der Waals surface area contributed by atoms with Crippen molar-refractivity contribution < 1.29 is 4.79 Å². The monoisotopic (exact) mass is 414 g/mol. The average Bonchev–Trinajstić information content (AvgIpc) is 2.67. The first-order valence-electron chi connectivity index (χ1n) is 9.16. The van der Waals surface area contributed by atoms with Crippen molar-refractivity contribution in [1.82, 2.24) is 15.2 Å². The van der Waals surface area contributed by atoms with Gasteiger partial charge in [-0.1, -0.05) is 18.2 Å². The van der Waals surface area contributed by atoms with E-state index in [1.807, 2.05) is 36.5 Å². The predicted molar refractivity (Wildman–Crippen MR) is 106 cm³/mol. The number of para-hydroxylation sites is 1. The first-order chi connectivity index (χ1) is 12.7. The zero-order valence-corrected chi connectivity index (χ0v) is 16.2. The van der Waals surface area contributed by atoms with Gasteiger partial charge in [-0.15, -0.1) is 0 Å². The van der Waals surface area contributed by atoms with E-state index < -0.39 is 0 Å². The Morgan fingerprint density at radius 3 is 2.73 bits per heavy atom. The van der Waals surface area contributed by atoms with Gasteiger partial charge in [0, 0.05) is 29.0 Å². The highest BCUT2D eigenvalue weighted by Crippen LogP contribution is 2.34. The number of anilines is 1. The molecule has 3 aliphatic rings. The Kier molecular flexibility index (Phi) is 5.22. The number of carbonyl (C=O) groups excluding carboxylic acids is 1. The molecule has 5 nitrogen and oxygen atoms in total. The number of rotatable bonds is 4. The van der Waals surface area contributed by atoms with Crippen LogP contribution < -0.4 is 10.6 Å². The van der Waals surface area contributed by atoms with Crippen LogP contribution in [0.4, 0.5) is 10.5 Å². The van der Waals surface area contributed by atoms with Crippen LogP contribution >= 0.6 is 15.9 Å². The summed E-state index contributed by atoms with van der Waals surface area (Å²) in [7, 11) is 0. The number of carbonyl (C=O) groups is 1. The van der Waals surface area contributed by atoms with Crippen molar-refractivity contribution in [3.8, 4) is 0 Å². The van der Waals surface area contributed by atoms with Gasteiger partial charge in [0.15, 0.2) is 0 Å². The van der Waals surface area contributed by atoms with Crippen LogP contribution in [0.5, 0.6) is 0 Å². The van der Waals surface area contributed by atoms with E-state index in [1.165, 1.54) is 5.56 Å². The highest BCUT2D eigenvalue weighted by Gasteiger charge is 2.42. The summed E-state index contributed by atoms with van der Waals surface area (Å²) in [4.78, 5) is 19.4. The van der Waals surface area contributed by atoms with Crippen LogP contribution in [0.15, 0.2) is 53.3 Å². The van der Waals surface area contributed by atoms with E-state index in [1.54, 1.807) is 6.20 Å². The van der Waals surface area contributed by atoms with Crippen molar-refractivity contribution in [2.45, 2.75) is 31.3 Å². The van der Waals surface area contributed by atoms with Crippen molar-refractivity contribution in [2.24, 2.45) is 5.92 Å². The normalized spacial score (nSPS) is 27.1. The summed E-state index contributed by atoms with van der Waals surface area (Å²) < 4.78 is 0.885. The lowest BCUT2D eigenvalue weighted by atomic mass is 9.77. The van der Waals surface area contributed by atoms with Gasteiger partial charge in [0.25, 0.3) is 0 Å². The molecule has 0 unspecified atom stereocenters. The Morgan fingerprint density at radius 1 is 1.19 bits per heavy atom. The van der Waals surface area contributed by atoms with E-state index in [0.29, 0.717) is 12.0 Å². The highest BCUT2D eigenvalue weighted by molar-refractivity contribution is 9.10. The van der Waals surface area contributed by atoms with E-state index >= 15 is 0 Å². The third kappa shape index (κ3) is 3.76. The zero-order chi connectivity index (χ0) is 17.9. The number of hydrogen-bond acceptors (Lipinski definition) is 3. The second-order valence-electron chi connectivity index (χ2n) is 7.11. The van der Waals surface area contributed by atoms with Crippen molar-refractivity contribution in [1.29, 1.82) is 0 Å². The molecule has 3 fully saturated rings. The van der Waals surface area contributed by atoms with E-state index in [0.717, 1.165) is 42.5 Å². The number of benzene rings is 1. The van der Waals surface area contributed by atoms with Gasteiger partial charge < -0.3 is 10.6 Å². The molecule has 0 spiro atoms. The Balaban J connectivity index is 1.47. The number of nitrogens with zero attached hydrogens (tertiary/aromatic N) is 2. The summed E-state index contributed by atoms with van der Waals surface area (Å²) in [5.41, 5.74) is 2.01. The van der Waals surface area contributed by atoms with Crippen LogP contribution in [0.2, 0.25) is 0 Å². The second-order valence-corrected chi connectivity index (χ2v) is 7.96. The minimum atomic E-state index is -0.133. The summed E-state index contributed by atoms with van der Waals surface area (Å²) in [5, 5.41) is 6.24. The SMILES string of the molecule is O=C(Nc1ccccc1Br)N[C@@H]1C2CCN(CC2)[C@H]1Cc1cccnc1. The lowest BCUT2D eigenvalue weighted by molar-refractivity contribution is 0.0184. The number of nitrogens with one attached hydrogen (secondary N) is 2. The van der Waals surface area contributed by atoms with Gasteiger partial charge in [-0.05, 0) is 78.0 Å². The standard InChI is InChI=1S/C20H23BrN4O/c21-16-5-1-2-6-17(16)23-20(26)24-19-15-7-10-25(11-8-15)18(19)12-14-4-3-9-22-13-14/h1-6,9,13,15,18-19H,7-8,10-12H2,(H2,23,24,26)/t18-,19+/m0/s1. The maximum absolute atomic E-state index is 12.6. The van der Waals surface area contributed by atoms with Crippen LogP contribution in [0.1, 0.15) is 18.4 Å². The zero-order valence-electron chi connectivity index (χ0n) is 14.6. The molecule has 2 atom stereocenters. The number of hydrogen-bond donors (Lipinski definition) is 2. The molecule has 26 heavy (non-hydrogen) atoms. The van der Waals surface area contributed by atoms with Gasteiger partial charge in [0.1, 0.15) is 0 Å². The van der Waals surface area contributed by atoms with Crippen molar-refractivity contribution in [2.75, 3.05) is 18.4 Å². The van der Waals surface area contributed by atoms with Crippen molar-refractivity contribution in [3.63, 3.8) is 0 Å². The summed E-state index contributed by atoms with van der Waals surface area (Å²) >= 11 is 3.48. The average molecular weight is 415 g/mol. The number of piperidine rings is 3. The molecule has 2 aromatic rings. The molecule has 1 aromatic carbocycles. The molecule has 3 aliphatic heterocycles. The molecule has 1 aromatic heterocycles. The van der Waals surface area contributed by atoms with E-state index in [4.69, 9.17) is 0 Å². The fourth-order valence-corrected chi connectivity index (χ4v) is 4.64. The van der Waals surface area contributed by atoms with Gasteiger partial charge in [-0.2, -0.15) is 0 Å². The lowest BCUT2D eigenvalue weighted by Gasteiger charge is -2.51. The highest BCUT2D eigenvalue weighted by atomic mass is 79.9. The molecule has 2 N–H and O–H groups in total. The summed E-state index contributed by atoms with van der Waals surface area (Å²) in [6.07, 6.45) is 6.97. The maximum Gasteiger partial charge on any atom is 0.319 e. The van der Waals surface area contributed by atoms with Crippen LogP contribution in [0.3, 0.4) is 0 Å². The van der Waals surface area contributed by atoms with E-state index in [-0.39, 0.29) is 12.1 Å². The minimum Gasteiger partial charge on any atom is -0.333 e. The number of amides is 2.